The summed E-state index contributed by atoms with van der Waals surface area (Å²) >= 11 is 0. The Hall–Kier alpha value is -3.98. The topological polar surface area (TPSA) is 101 Å². The molecule has 0 saturated carbocycles. The third kappa shape index (κ3) is 6.20. The van der Waals surface area contributed by atoms with Crippen LogP contribution in [0, 0.1) is 11.6 Å². The Balaban J connectivity index is 1.27. The number of rotatable bonds is 9. The van der Waals surface area contributed by atoms with Crippen LogP contribution in [0.25, 0.3) is 0 Å². The van der Waals surface area contributed by atoms with Gasteiger partial charge in [0.15, 0.2) is 5.82 Å². The van der Waals surface area contributed by atoms with Crippen molar-refractivity contribution in [3.63, 3.8) is 0 Å². The van der Waals surface area contributed by atoms with Crippen molar-refractivity contribution in [2.24, 2.45) is 0 Å². The van der Waals surface area contributed by atoms with Crippen molar-refractivity contribution in [2.75, 3.05) is 37.6 Å². The second-order valence-electron chi connectivity index (χ2n) is 9.98. The number of alkyl halides is 3. The van der Waals surface area contributed by atoms with Crippen molar-refractivity contribution in [1.82, 2.24) is 39.9 Å². The normalized spacial score (nSPS) is 17.0. The number of tetrazole rings is 1. The molecule has 0 aliphatic carbocycles. The Morgan fingerprint density at radius 3 is 2.49 bits per heavy atom. The first-order valence-corrected chi connectivity index (χ1v) is 13.0. The van der Waals surface area contributed by atoms with E-state index in [1.165, 1.54) is 34.2 Å². The molecule has 1 N–H and O–H groups in total. The molecule has 5 rings (SSSR count). The number of aliphatic hydroxyl groups is 1. The molecule has 41 heavy (non-hydrogen) atoms. The van der Waals surface area contributed by atoms with Crippen molar-refractivity contribution >= 4 is 5.69 Å². The van der Waals surface area contributed by atoms with Gasteiger partial charge in [-0.05, 0) is 41.6 Å². The molecule has 1 saturated heterocycles. The molecular formula is C26H28F5N9O. The fraction of sp³-hybridized carbons (Fsp3) is 0.423. The zero-order valence-corrected chi connectivity index (χ0v) is 22.1. The van der Waals surface area contributed by atoms with Gasteiger partial charge in [-0.2, -0.15) is 18.3 Å². The zero-order chi connectivity index (χ0) is 29.2. The van der Waals surface area contributed by atoms with Crippen molar-refractivity contribution in [2.45, 2.75) is 37.7 Å². The van der Waals surface area contributed by atoms with E-state index in [1.807, 2.05) is 4.90 Å². The molecule has 0 bridgehead atoms. The first kappa shape index (κ1) is 28.5. The molecule has 0 spiro atoms. The predicted octanol–water partition coefficient (Wildman–Crippen LogP) is 3.08. The fourth-order valence-electron chi connectivity index (χ4n) is 5.09. The molecule has 218 valence electrons. The minimum atomic E-state index is -4.40. The van der Waals surface area contributed by atoms with Gasteiger partial charge in [0.1, 0.15) is 29.9 Å². The lowest BCUT2D eigenvalue weighted by Gasteiger charge is -2.36. The van der Waals surface area contributed by atoms with Crippen molar-refractivity contribution in [3.05, 3.63) is 83.7 Å². The largest absolute Gasteiger partial charge is 0.416 e. The monoisotopic (exact) mass is 577 g/mol. The molecule has 1 aliphatic rings. The van der Waals surface area contributed by atoms with Crippen LogP contribution in [0.5, 0.6) is 0 Å². The van der Waals surface area contributed by atoms with E-state index < -0.39 is 35.0 Å². The van der Waals surface area contributed by atoms with Crippen LogP contribution < -0.4 is 4.90 Å². The number of piperazine rings is 1. The van der Waals surface area contributed by atoms with Crippen LogP contribution in [0.15, 0.2) is 55.1 Å². The summed E-state index contributed by atoms with van der Waals surface area (Å²) in [6.07, 6.45) is -1.35. The van der Waals surface area contributed by atoms with Gasteiger partial charge in [-0.15, -0.1) is 5.10 Å². The zero-order valence-electron chi connectivity index (χ0n) is 22.1. The van der Waals surface area contributed by atoms with Gasteiger partial charge < -0.3 is 10.0 Å². The van der Waals surface area contributed by atoms with Gasteiger partial charge >= 0.3 is 6.18 Å². The van der Waals surface area contributed by atoms with E-state index in [9.17, 15) is 27.1 Å². The number of halogens is 5. The Bertz CT molecular complexity index is 1450. The fourth-order valence-corrected chi connectivity index (χ4v) is 5.09. The van der Waals surface area contributed by atoms with Gasteiger partial charge in [0.2, 0.25) is 0 Å². The predicted molar refractivity (Wildman–Crippen MR) is 137 cm³/mol. The van der Waals surface area contributed by atoms with Gasteiger partial charge in [-0.25, -0.2) is 23.1 Å². The average Bonchev–Trinajstić information content (AvgIpc) is 3.63. The SMILES string of the molecule is C[C@H](n1nnnc1CCN1CCN(c2cccc(C(F)(F)F)c2)CC1)[C@](O)(Cn1cncn1)c1ccc(F)cc1F. The summed E-state index contributed by atoms with van der Waals surface area (Å²) in [5.74, 6) is -1.26. The minimum absolute atomic E-state index is 0.144. The maximum absolute atomic E-state index is 14.9. The highest BCUT2D eigenvalue weighted by molar-refractivity contribution is 5.49. The summed E-state index contributed by atoms with van der Waals surface area (Å²) in [6, 6.07) is 7.36. The van der Waals surface area contributed by atoms with E-state index in [4.69, 9.17) is 0 Å². The lowest BCUT2D eigenvalue weighted by molar-refractivity contribution is -0.137. The van der Waals surface area contributed by atoms with E-state index in [1.54, 1.807) is 13.0 Å². The Morgan fingerprint density at radius 1 is 1.02 bits per heavy atom. The van der Waals surface area contributed by atoms with E-state index >= 15 is 0 Å². The van der Waals surface area contributed by atoms with Crippen LogP contribution >= 0.6 is 0 Å². The maximum atomic E-state index is 14.9. The number of nitrogens with zero attached hydrogens (tertiary/aromatic N) is 9. The summed E-state index contributed by atoms with van der Waals surface area (Å²) < 4.78 is 70.7. The third-order valence-corrected chi connectivity index (χ3v) is 7.45. The number of anilines is 1. The van der Waals surface area contributed by atoms with Crippen LogP contribution in [0.2, 0.25) is 0 Å². The Morgan fingerprint density at radius 2 is 1.80 bits per heavy atom. The summed E-state index contributed by atoms with van der Waals surface area (Å²) in [5.41, 5.74) is -2.22. The molecule has 1 fully saturated rings. The highest BCUT2D eigenvalue weighted by atomic mass is 19.4. The van der Waals surface area contributed by atoms with E-state index in [2.05, 4.69) is 30.5 Å². The van der Waals surface area contributed by atoms with Crippen molar-refractivity contribution in [1.29, 1.82) is 0 Å². The summed E-state index contributed by atoms with van der Waals surface area (Å²) in [5, 5.41) is 27.8. The first-order valence-electron chi connectivity index (χ1n) is 13.0. The number of benzene rings is 2. The molecule has 15 heteroatoms. The molecule has 0 amide bonds. The standard InChI is InChI=1S/C26H28F5N9O/c1-18(25(41,15-39-17-32-16-33-39)22-6-5-20(27)14-23(22)28)40-24(34-35-36-40)7-8-37-9-11-38(12-10-37)21-4-2-3-19(13-21)26(29,30)31/h2-6,13-14,16-18,41H,7-12,15H2,1H3/t18-,25+/m0/s1. The van der Waals surface area contributed by atoms with Gasteiger partial charge in [0.05, 0.1) is 18.2 Å². The lowest BCUT2D eigenvalue weighted by atomic mass is 9.86. The van der Waals surface area contributed by atoms with E-state index in [0.29, 0.717) is 56.7 Å². The molecule has 0 unspecified atom stereocenters. The summed E-state index contributed by atoms with van der Waals surface area (Å²) in [4.78, 5) is 7.94. The molecule has 10 nitrogen and oxygen atoms in total. The number of aromatic nitrogens is 7. The second-order valence-corrected chi connectivity index (χ2v) is 9.98. The second kappa shape index (κ2) is 11.5. The molecule has 0 radical (unpaired) electrons. The van der Waals surface area contributed by atoms with Crippen LogP contribution in [-0.4, -0.2) is 77.7 Å². The van der Waals surface area contributed by atoms with Crippen LogP contribution in [0.1, 0.15) is 29.9 Å². The molecule has 2 atom stereocenters. The Kier molecular flexibility index (Phi) is 8.00. The van der Waals surface area contributed by atoms with Crippen molar-refractivity contribution in [3.8, 4) is 0 Å². The van der Waals surface area contributed by atoms with E-state index in [0.717, 1.165) is 18.2 Å². The van der Waals surface area contributed by atoms with Crippen molar-refractivity contribution < 1.29 is 27.1 Å². The minimum Gasteiger partial charge on any atom is -0.381 e. The van der Waals surface area contributed by atoms with Gasteiger partial charge in [0.25, 0.3) is 0 Å². The molecule has 4 aromatic rings. The average molecular weight is 578 g/mol. The maximum Gasteiger partial charge on any atom is 0.416 e. The lowest BCUT2D eigenvalue weighted by Crippen LogP contribution is -2.47. The summed E-state index contributed by atoms with van der Waals surface area (Å²) in [6.45, 7) is 4.31. The third-order valence-electron chi connectivity index (χ3n) is 7.45. The molecule has 2 aromatic heterocycles. The summed E-state index contributed by atoms with van der Waals surface area (Å²) in [7, 11) is 0. The number of hydrogen-bond donors (Lipinski definition) is 1. The van der Waals surface area contributed by atoms with E-state index in [-0.39, 0.29) is 12.1 Å². The highest BCUT2D eigenvalue weighted by Crippen LogP contribution is 2.37. The smallest absolute Gasteiger partial charge is 0.381 e. The molecule has 3 heterocycles. The van der Waals surface area contributed by atoms with Gasteiger partial charge in [-0.3, -0.25) is 4.90 Å². The van der Waals surface area contributed by atoms with Gasteiger partial charge in [0, 0.05) is 56.5 Å². The highest BCUT2D eigenvalue weighted by Gasteiger charge is 2.42. The molecule has 2 aromatic carbocycles. The molecule has 1 aliphatic heterocycles. The van der Waals surface area contributed by atoms with Gasteiger partial charge in [-0.1, -0.05) is 12.1 Å². The van der Waals surface area contributed by atoms with Crippen LogP contribution in [-0.2, 0) is 24.7 Å². The van der Waals surface area contributed by atoms with Crippen LogP contribution in [0.3, 0.4) is 0 Å². The van der Waals surface area contributed by atoms with Crippen LogP contribution in [0.4, 0.5) is 27.6 Å². The quantitative estimate of drug-likeness (QED) is 0.303. The number of hydrogen-bond acceptors (Lipinski definition) is 8. The first-order chi connectivity index (χ1) is 19.5. The Labute approximate surface area is 232 Å². The molecular weight excluding hydrogens is 549 g/mol.